The Morgan fingerprint density at radius 1 is 1.03 bits per heavy atom. The van der Waals surface area contributed by atoms with Crippen molar-refractivity contribution < 1.29 is 23.7 Å². The zero-order chi connectivity index (χ0) is 21.4. The minimum absolute atomic E-state index is 0.162. The largest absolute Gasteiger partial charge is 0.486 e. The summed E-state index contributed by atoms with van der Waals surface area (Å²) in [7, 11) is 3.94. The number of nitrogens with zero attached hydrogens (tertiary/aromatic N) is 3. The molecule has 0 saturated carbocycles. The van der Waals surface area contributed by atoms with Crippen molar-refractivity contribution in [2.45, 2.75) is 6.10 Å². The van der Waals surface area contributed by atoms with E-state index in [1.54, 1.807) is 11.0 Å². The van der Waals surface area contributed by atoms with Crippen molar-refractivity contribution in [3.63, 3.8) is 0 Å². The molecule has 8 nitrogen and oxygen atoms in total. The molecule has 1 atom stereocenters. The average Bonchev–Trinajstić information content (AvgIpc) is 3.19. The van der Waals surface area contributed by atoms with Gasteiger partial charge in [-0.15, -0.1) is 0 Å². The molecule has 5 rings (SSSR count). The first-order valence-corrected chi connectivity index (χ1v) is 10.9. The van der Waals surface area contributed by atoms with Crippen molar-refractivity contribution in [2.24, 2.45) is 0 Å². The van der Waals surface area contributed by atoms with E-state index in [4.69, 9.17) is 23.9 Å². The standard InChI is InChI=1S/C22H23N3O5S/c1-24(2)7-8-25(21(26)19-13-29-15-5-3-4-6-16(15)30-19)22-23-14-11-17-18(12-20(14)31-22)28-10-9-27-17/h3-6,11-12,19H,7-10,13H2,1-2H3/t19-/m1/s1. The Balaban J connectivity index is 1.45. The van der Waals surface area contributed by atoms with Gasteiger partial charge in [0.2, 0.25) is 6.10 Å². The number of fused-ring (bicyclic) bond motifs is 3. The smallest absolute Gasteiger partial charge is 0.273 e. The number of hydrogen-bond acceptors (Lipinski definition) is 8. The molecule has 31 heavy (non-hydrogen) atoms. The van der Waals surface area contributed by atoms with Gasteiger partial charge in [0, 0.05) is 25.2 Å². The van der Waals surface area contributed by atoms with Crippen LogP contribution in [0.1, 0.15) is 0 Å². The first kappa shape index (κ1) is 19.9. The van der Waals surface area contributed by atoms with Gasteiger partial charge in [-0.2, -0.15) is 0 Å². The van der Waals surface area contributed by atoms with Gasteiger partial charge < -0.3 is 23.8 Å². The summed E-state index contributed by atoms with van der Waals surface area (Å²) < 4.78 is 24.0. The molecule has 2 aliphatic rings. The Bertz CT molecular complexity index is 1070. The number of amides is 1. The van der Waals surface area contributed by atoms with Crippen LogP contribution in [0.25, 0.3) is 10.2 Å². The van der Waals surface area contributed by atoms with Gasteiger partial charge in [0.25, 0.3) is 5.91 Å². The molecule has 0 aliphatic carbocycles. The van der Waals surface area contributed by atoms with E-state index >= 15 is 0 Å². The maximum absolute atomic E-state index is 13.5. The third kappa shape index (κ3) is 3.98. The minimum Gasteiger partial charge on any atom is -0.486 e. The second-order valence-corrected chi connectivity index (χ2v) is 8.63. The molecule has 0 spiro atoms. The molecule has 2 aromatic carbocycles. The SMILES string of the molecule is CN(C)CCN(C(=O)[C@H]1COc2ccccc2O1)c1nc2cc3c(cc2s1)OCCO3. The summed E-state index contributed by atoms with van der Waals surface area (Å²) in [6, 6.07) is 11.2. The maximum atomic E-state index is 13.5. The molecule has 0 saturated heterocycles. The predicted octanol–water partition coefficient (Wildman–Crippen LogP) is 2.80. The second-order valence-electron chi connectivity index (χ2n) is 7.62. The number of hydrogen-bond donors (Lipinski definition) is 0. The third-order valence-corrected chi connectivity index (χ3v) is 6.13. The van der Waals surface area contributed by atoms with Gasteiger partial charge in [-0.3, -0.25) is 9.69 Å². The van der Waals surface area contributed by atoms with Crippen LogP contribution < -0.4 is 23.8 Å². The zero-order valence-electron chi connectivity index (χ0n) is 17.4. The molecule has 3 aromatic rings. The van der Waals surface area contributed by atoms with E-state index in [-0.39, 0.29) is 12.5 Å². The van der Waals surface area contributed by atoms with Crippen LogP contribution in [0.4, 0.5) is 5.13 Å². The number of carbonyl (C=O) groups excluding carboxylic acids is 1. The Morgan fingerprint density at radius 2 is 1.77 bits per heavy atom. The average molecular weight is 442 g/mol. The lowest BCUT2D eigenvalue weighted by molar-refractivity contribution is -0.127. The van der Waals surface area contributed by atoms with E-state index in [0.717, 1.165) is 10.2 Å². The van der Waals surface area contributed by atoms with Crippen molar-refractivity contribution >= 4 is 32.6 Å². The third-order valence-electron chi connectivity index (χ3n) is 5.09. The lowest BCUT2D eigenvalue weighted by Crippen LogP contribution is -2.48. The van der Waals surface area contributed by atoms with E-state index in [1.807, 2.05) is 49.3 Å². The van der Waals surface area contributed by atoms with Crippen molar-refractivity contribution in [3.05, 3.63) is 36.4 Å². The first-order valence-electron chi connectivity index (χ1n) is 10.1. The van der Waals surface area contributed by atoms with Gasteiger partial charge >= 0.3 is 0 Å². The number of aromatic nitrogens is 1. The van der Waals surface area contributed by atoms with Crippen LogP contribution in [0.3, 0.4) is 0 Å². The summed E-state index contributed by atoms with van der Waals surface area (Å²) in [5, 5.41) is 0.617. The van der Waals surface area contributed by atoms with E-state index < -0.39 is 6.10 Å². The molecule has 0 bridgehead atoms. The number of carbonyl (C=O) groups is 1. The summed E-state index contributed by atoms with van der Waals surface area (Å²) in [6.45, 7) is 2.38. The van der Waals surface area contributed by atoms with Gasteiger partial charge in [0.1, 0.15) is 19.8 Å². The topological polar surface area (TPSA) is 73.4 Å². The lowest BCUT2D eigenvalue weighted by Gasteiger charge is -2.30. The fourth-order valence-electron chi connectivity index (χ4n) is 3.48. The second kappa shape index (κ2) is 8.24. The highest BCUT2D eigenvalue weighted by Gasteiger charge is 2.33. The number of anilines is 1. The highest BCUT2D eigenvalue weighted by atomic mass is 32.1. The molecule has 0 N–H and O–H groups in total. The van der Waals surface area contributed by atoms with Gasteiger partial charge in [0.15, 0.2) is 28.1 Å². The molecule has 9 heteroatoms. The highest BCUT2D eigenvalue weighted by Crippen LogP contribution is 2.39. The Morgan fingerprint density at radius 3 is 2.55 bits per heavy atom. The molecule has 1 amide bonds. The fraction of sp³-hybridized carbons (Fsp3) is 0.364. The molecule has 1 aromatic heterocycles. The highest BCUT2D eigenvalue weighted by molar-refractivity contribution is 7.22. The summed E-state index contributed by atoms with van der Waals surface area (Å²) in [5.74, 6) is 2.44. The number of thiazole rings is 1. The van der Waals surface area contributed by atoms with Crippen molar-refractivity contribution in [1.82, 2.24) is 9.88 Å². The number of ether oxygens (including phenoxy) is 4. The maximum Gasteiger partial charge on any atom is 0.273 e. The summed E-state index contributed by atoms with van der Waals surface area (Å²) in [4.78, 5) is 21.9. The normalized spacial score (nSPS) is 17.1. The van der Waals surface area contributed by atoms with Gasteiger partial charge in [-0.25, -0.2) is 4.98 Å². The van der Waals surface area contributed by atoms with Crippen LogP contribution in [0, 0.1) is 0 Å². The van der Waals surface area contributed by atoms with Crippen molar-refractivity contribution in [1.29, 1.82) is 0 Å². The molecule has 162 valence electrons. The quantitative estimate of drug-likeness (QED) is 0.603. The van der Waals surface area contributed by atoms with Crippen LogP contribution in [0.15, 0.2) is 36.4 Å². The summed E-state index contributed by atoms with van der Waals surface area (Å²) in [6.07, 6.45) is -0.732. The molecular weight excluding hydrogens is 418 g/mol. The first-order chi connectivity index (χ1) is 15.1. The van der Waals surface area contributed by atoms with Crippen LogP contribution >= 0.6 is 11.3 Å². The molecule has 0 fully saturated rings. The molecule has 2 aliphatic heterocycles. The Kier molecular flexibility index (Phi) is 5.29. The number of rotatable bonds is 5. The van der Waals surface area contributed by atoms with Crippen molar-refractivity contribution in [2.75, 3.05) is 51.9 Å². The zero-order valence-corrected chi connectivity index (χ0v) is 18.2. The molecule has 0 unspecified atom stereocenters. The van der Waals surface area contributed by atoms with Gasteiger partial charge in [-0.1, -0.05) is 23.5 Å². The van der Waals surface area contributed by atoms with Crippen LogP contribution in [-0.4, -0.2) is 68.9 Å². The lowest BCUT2D eigenvalue weighted by atomic mass is 10.2. The minimum atomic E-state index is -0.732. The van der Waals surface area contributed by atoms with E-state index in [1.165, 1.54) is 11.3 Å². The van der Waals surface area contributed by atoms with E-state index in [9.17, 15) is 4.79 Å². The number of para-hydroxylation sites is 2. The Labute approximate surface area is 183 Å². The van der Waals surface area contributed by atoms with Crippen LogP contribution in [0.2, 0.25) is 0 Å². The van der Waals surface area contributed by atoms with E-state index in [0.29, 0.717) is 54.4 Å². The Hall–Kier alpha value is -3.04. The number of likely N-dealkylation sites (N-methyl/N-ethyl adjacent to an activating group) is 1. The predicted molar refractivity (Wildman–Crippen MR) is 118 cm³/mol. The van der Waals surface area contributed by atoms with Crippen LogP contribution in [-0.2, 0) is 4.79 Å². The molecule has 3 heterocycles. The molecule has 0 radical (unpaired) electrons. The number of benzene rings is 2. The summed E-state index contributed by atoms with van der Waals surface area (Å²) in [5.41, 5.74) is 0.776. The monoisotopic (exact) mass is 441 g/mol. The van der Waals surface area contributed by atoms with Gasteiger partial charge in [-0.05, 0) is 26.2 Å². The fourth-order valence-corrected chi connectivity index (χ4v) is 4.49. The van der Waals surface area contributed by atoms with Crippen LogP contribution in [0.5, 0.6) is 23.0 Å². The summed E-state index contributed by atoms with van der Waals surface area (Å²) >= 11 is 1.45. The van der Waals surface area contributed by atoms with Gasteiger partial charge in [0.05, 0.1) is 10.2 Å². The molecular formula is C22H23N3O5S. The van der Waals surface area contributed by atoms with Crippen molar-refractivity contribution in [3.8, 4) is 23.0 Å². The van der Waals surface area contributed by atoms with E-state index in [2.05, 4.69) is 0 Å².